The van der Waals surface area contributed by atoms with Gasteiger partial charge in [-0.3, -0.25) is 24.2 Å². The number of hydrogen-bond donors (Lipinski definition) is 3. The van der Waals surface area contributed by atoms with Crippen molar-refractivity contribution < 1.29 is 38.9 Å². The van der Waals surface area contributed by atoms with Gasteiger partial charge in [-0.25, -0.2) is 9.59 Å². The maximum atomic E-state index is 13.7. The van der Waals surface area contributed by atoms with Crippen LogP contribution in [0.4, 0.5) is 4.79 Å². The summed E-state index contributed by atoms with van der Waals surface area (Å²) >= 11 is 0. The van der Waals surface area contributed by atoms with Crippen molar-refractivity contribution in [3.8, 4) is 0 Å². The third-order valence-corrected chi connectivity index (χ3v) is 8.10. The van der Waals surface area contributed by atoms with E-state index >= 15 is 0 Å². The van der Waals surface area contributed by atoms with Crippen molar-refractivity contribution >= 4 is 29.8 Å². The summed E-state index contributed by atoms with van der Waals surface area (Å²) in [5.74, 6) is -4.54. The van der Waals surface area contributed by atoms with Gasteiger partial charge in [0.2, 0.25) is 11.8 Å². The number of nitrogens with zero attached hydrogens (tertiary/aromatic N) is 2. The largest absolute Gasteiger partial charge is 0.481 e. The average Bonchev–Trinajstić information content (AvgIpc) is 3.56. The van der Waals surface area contributed by atoms with E-state index in [9.17, 15) is 34.2 Å². The van der Waals surface area contributed by atoms with E-state index in [1.165, 1.54) is 0 Å². The molecule has 46 heavy (non-hydrogen) atoms. The van der Waals surface area contributed by atoms with E-state index in [1.807, 2.05) is 11.0 Å². The maximum Gasteiger partial charge on any atom is 0.407 e. The molecule has 1 atom stereocenters. The number of benzene rings is 3. The molecule has 0 radical (unpaired) electrons. The minimum absolute atomic E-state index is 0.0474. The Morgan fingerprint density at radius 3 is 1.74 bits per heavy atom. The maximum absolute atomic E-state index is 13.7. The number of alkyl carbamates (subject to hydrolysis) is 1. The monoisotopic (exact) mass is 629 g/mol. The predicted molar refractivity (Wildman–Crippen MR) is 169 cm³/mol. The molecule has 1 aliphatic heterocycles. The molecule has 11 nitrogen and oxygen atoms in total. The lowest BCUT2D eigenvalue weighted by atomic mass is 9.72. The zero-order valence-corrected chi connectivity index (χ0v) is 25.5. The second-order valence-electron chi connectivity index (χ2n) is 11.5. The summed E-state index contributed by atoms with van der Waals surface area (Å²) in [5.41, 5.74) is 0.336. The van der Waals surface area contributed by atoms with Crippen LogP contribution in [0.15, 0.2) is 91.0 Å². The highest BCUT2D eigenvalue weighted by atomic mass is 16.5. The number of imide groups is 1. The number of rotatable bonds is 15. The summed E-state index contributed by atoms with van der Waals surface area (Å²) in [6.07, 6.45) is 0.132. The first-order valence-corrected chi connectivity index (χ1v) is 15.2. The van der Waals surface area contributed by atoms with Gasteiger partial charge < -0.3 is 20.3 Å². The van der Waals surface area contributed by atoms with Crippen LogP contribution in [0.3, 0.4) is 0 Å². The summed E-state index contributed by atoms with van der Waals surface area (Å²) < 4.78 is 5.17. The Morgan fingerprint density at radius 2 is 1.26 bits per heavy atom. The number of carbonyl (C=O) groups is 5. The predicted octanol–water partition coefficient (Wildman–Crippen LogP) is 3.76. The number of likely N-dealkylation sites (tertiary alicyclic amines) is 1. The molecule has 1 fully saturated rings. The molecular formula is C35H39N3O8. The SMILES string of the molecule is O=C(NCC(=O)N(C(=O)CN1CCCC1)[C@@H](CC(Cc1ccccc1)(Cc1ccccc1)C(=O)O)C(=O)O)OCc1ccccc1. The molecule has 0 unspecified atom stereocenters. The van der Waals surface area contributed by atoms with Gasteiger partial charge in [0.05, 0.1) is 12.0 Å². The summed E-state index contributed by atoms with van der Waals surface area (Å²) in [4.78, 5) is 68.3. The van der Waals surface area contributed by atoms with Crippen LogP contribution in [0, 0.1) is 5.41 Å². The van der Waals surface area contributed by atoms with Crippen molar-refractivity contribution in [2.24, 2.45) is 5.41 Å². The minimum Gasteiger partial charge on any atom is -0.481 e. The number of carboxylic acids is 2. The van der Waals surface area contributed by atoms with Crippen LogP contribution >= 0.6 is 0 Å². The third kappa shape index (κ3) is 9.48. The number of carboxylic acid groups (broad SMARTS) is 2. The van der Waals surface area contributed by atoms with E-state index in [0.717, 1.165) is 18.4 Å². The molecule has 3 N–H and O–H groups in total. The summed E-state index contributed by atoms with van der Waals surface area (Å²) in [6.45, 7) is 0.218. The fourth-order valence-electron chi connectivity index (χ4n) is 5.78. The number of carbonyl (C=O) groups excluding carboxylic acids is 3. The Morgan fingerprint density at radius 1 is 0.761 bits per heavy atom. The standard InChI is InChI=1S/C35H39N3O8/c39-30(23-36-34(45)46-25-28-16-8-3-9-17-28)38(31(40)24-37-18-10-11-19-37)29(32(41)42)22-35(33(43)44,20-26-12-4-1-5-13-26)21-27-14-6-2-7-15-27/h1-9,12-17,29H,10-11,18-25H2,(H,36,45)(H,41,42)(H,43,44)/t29-/m0/s1. The highest BCUT2D eigenvalue weighted by molar-refractivity contribution is 6.01. The molecule has 3 aromatic carbocycles. The Balaban J connectivity index is 1.62. The van der Waals surface area contributed by atoms with Crippen LogP contribution in [-0.2, 0) is 43.4 Å². The molecule has 1 saturated heterocycles. The highest BCUT2D eigenvalue weighted by Gasteiger charge is 2.47. The van der Waals surface area contributed by atoms with Crippen molar-refractivity contribution in [2.45, 2.75) is 44.8 Å². The van der Waals surface area contributed by atoms with Crippen molar-refractivity contribution in [1.82, 2.24) is 15.1 Å². The molecule has 11 heteroatoms. The van der Waals surface area contributed by atoms with E-state index in [-0.39, 0.29) is 26.0 Å². The summed E-state index contributed by atoms with van der Waals surface area (Å²) in [7, 11) is 0. The number of aliphatic carboxylic acids is 2. The molecular weight excluding hydrogens is 590 g/mol. The van der Waals surface area contributed by atoms with Crippen molar-refractivity contribution in [3.05, 3.63) is 108 Å². The quantitative estimate of drug-likeness (QED) is 0.228. The Labute approximate surface area is 267 Å². The lowest BCUT2D eigenvalue weighted by molar-refractivity contribution is -0.163. The fraction of sp³-hybridized carbons (Fsp3) is 0.343. The summed E-state index contributed by atoms with van der Waals surface area (Å²) in [6, 6.07) is 24.7. The molecule has 0 spiro atoms. The van der Waals surface area contributed by atoms with Gasteiger partial charge >= 0.3 is 18.0 Å². The minimum atomic E-state index is -1.83. The lowest BCUT2D eigenvalue weighted by Gasteiger charge is -2.36. The van der Waals surface area contributed by atoms with E-state index < -0.39 is 54.3 Å². The molecule has 1 aliphatic rings. The van der Waals surface area contributed by atoms with Crippen LogP contribution < -0.4 is 5.32 Å². The molecule has 3 aromatic rings. The average molecular weight is 630 g/mol. The zero-order chi connectivity index (χ0) is 32.9. The topological polar surface area (TPSA) is 154 Å². The number of hydrogen-bond acceptors (Lipinski definition) is 7. The van der Waals surface area contributed by atoms with Crippen LogP contribution in [0.2, 0.25) is 0 Å². The molecule has 1 heterocycles. The second kappa shape index (κ2) is 16.3. The zero-order valence-electron chi connectivity index (χ0n) is 25.5. The Kier molecular flexibility index (Phi) is 12.0. The number of ether oxygens (including phenoxy) is 1. The Bertz CT molecular complexity index is 1440. The van der Waals surface area contributed by atoms with E-state index in [4.69, 9.17) is 4.74 Å². The van der Waals surface area contributed by atoms with Crippen LogP contribution in [0.25, 0.3) is 0 Å². The van der Waals surface area contributed by atoms with Gasteiger partial charge in [-0.1, -0.05) is 91.0 Å². The molecule has 4 rings (SSSR count). The molecule has 0 saturated carbocycles. The normalized spacial score (nSPS) is 13.8. The molecule has 242 valence electrons. The van der Waals surface area contributed by atoms with Gasteiger partial charge in [-0.05, 0) is 61.9 Å². The summed E-state index contributed by atoms with van der Waals surface area (Å²) in [5, 5.41) is 23.5. The molecule has 0 aromatic heterocycles. The first kappa shape index (κ1) is 33.9. The molecule has 0 aliphatic carbocycles. The van der Waals surface area contributed by atoms with E-state index in [1.54, 1.807) is 84.9 Å². The van der Waals surface area contributed by atoms with Crippen molar-refractivity contribution in [1.29, 1.82) is 0 Å². The van der Waals surface area contributed by atoms with Crippen molar-refractivity contribution in [2.75, 3.05) is 26.2 Å². The van der Waals surface area contributed by atoms with Crippen LogP contribution in [0.5, 0.6) is 0 Å². The fourth-order valence-corrected chi connectivity index (χ4v) is 5.78. The van der Waals surface area contributed by atoms with E-state index in [2.05, 4.69) is 5.32 Å². The smallest absolute Gasteiger partial charge is 0.407 e. The Hall–Kier alpha value is -5.03. The number of nitrogens with one attached hydrogen (secondary N) is 1. The molecule has 3 amide bonds. The van der Waals surface area contributed by atoms with Crippen molar-refractivity contribution in [3.63, 3.8) is 0 Å². The van der Waals surface area contributed by atoms with Gasteiger partial charge in [-0.15, -0.1) is 0 Å². The van der Waals surface area contributed by atoms with Gasteiger partial charge in [0.1, 0.15) is 19.2 Å². The molecule has 0 bridgehead atoms. The van der Waals surface area contributed by atoms with Gasteiger partial charge in [0, 0.05) is 0 Å². The van der Waals surface area contributed by atoms with Gasteiger partial charge in [0.25, 0.3) is 0 Å². The number of amides is 3. The highest BCUT2D eigenvalue weighted by Crippen LogP contribution is 2.35. The van der Waals surface area contributed by atoms with E-state index in [0.29, 0.717) is 29.1 Å². The van der Waals surface area contributed by atoms with Crippen LogP contribution in [-0.4, -0.2) is 82.1 Å². The lowest BCUT2D eigenvalue weighted by Crippen LogP contribution is -2.56. The van der Waals surface area contributed by atoms with Gasteiger partial charge in [-0.2, -0.15) is 0 Å². The first-order valence-electron chi connectivity index (χ1n) is 15.2. The van der Waals surface area contributed by atoms with Crippen LogP contribution in [0.1, 0.15) is 36.0 Å². The third-order valence-electron chi connectivity index (χ3n) is 8.10. The first-order chi connectivity index (χ1) is 22.2. The van der Waals surface area contributed by atoms with Gasteiger partial charge in [0.15, 0.2) is 0 Å². The second-order valence-corrected chi connectivity index (χ2v) is 11.5.